The average Bonchev–Trinajstić information content (AvgIpc) is 3.44. The van der Waals surface area contributed by atoms with E-state index in [1.54, 1.807) is 17.2 Å². The van der Waals surface area contributed by atoms with Gasteiger partial charge in [0, 0.05) is 30.5 Å². The molecule has 1 spiro atoms. The highest BCUT2D eigenvalue weighted by Gasteiger charge is 2.66. The van der Waals surface area contributed by atoms with Crippen LogP contribution in [0.3, 0.4) is 0 Å². The first-order valence-corrected chi connectivity index (χ1v) is 14.2. The summed E-state index contributed by atoms with van der Waals surface area (Å²) in [5.41, 5.74) is 1.60. The van der Waals surface area contributed by atoms with Crippen molar-refractivity contribution in [1.29, 1.82) is 10.8 Å². The summed E-state index contributed by atoms with van der Waals surface area (Å²) in [4.78, 5) is 32.2. The molecular weight excluding hydrogens is 538 g/mol. The van der Waals surface area contributed by atoms with Gasteiger partial charge in [-0.1, -0.05) is 32.0 Å². The number of hydrogen-bond acceptors (Lipinski definition) is 7. The van der Waals surface area contributed by atoms with E-state index >= 15 is 0 Å². The summed E-state index contributed by atoms with van der Waals surface area (Å²) in [6, 6.07) is 7.35. The first kappa shape index (κ1) is 27.8. The lowest BCUT2D eigenvalue weighted by atomic mass is 9.79. The second-order valence-electron chi connectivity index (χ2n) is 12.2. The minimum absolute atomic E-state index is 0.0135. The van der Waals surface area contributed by atoms with Crippen molar-refractivity contribution in [3.8, 4) is 5.75 Å². The number of aryl methyl sites for hydroxylation is 1. The summed E-state index contributed by atoms with van der Waals surface area (Å²) in [5.74, 6) is -0.0459. The van der Waals surface area contributed by atoms with Crippen molar-refractivity contribution in [1.82, 2.24) is 36.5 Å². The standard InChI is InChI=1S/C29H37N9O4/c1-15-7-8-16(32-12-15)11-21(39)33-13-19-23-29(37-26(30)36-23)24(40)20(14-38(29)27(31)35-19)34-25(41)17-5-4-6-18-22(17)42-10-9-28(18,2)3/h4-8,12,19-20,23-24,40H,9-11,13-14H2,1-3H3,(H2,31,35)(H,33,39)(H,34,41)(H3,30,36,37)/t19-,20?,23-,24+,29-/m0/s1. The Morgan fingerprint density at radius 1 is 1.21 bits per heavy atom. The third-order valence-electron chi connectivity index (χ3n) is 8.86. The number of aliphatic hydroxyl groups is 1. The Balaban J connectivity index is 1.18. The highest BCUT2D eigenvalue weighted by atomic mass is 16.5. The predicted molar refractivity (Wildman–Crippen MR) is 154 cm³/mol. The summed E-state index contributed by atoms with van der Waals surface area (Å²) in [6.07, 6.45) is 1.47. The monoisotopic (exact) mass is 575 g/mol. The number of nitrogens with one attached hydrogen (secondary N) is 7. The highest BCUT2D eigenvalue weighted by molar-refractivity contribution is 5.98. The zero-order valence-corrected chi connectivity index (χ0v) is 23.9. The molecule has 13 nitrogen and oxygen atoms in total. The number of guanidine groups is 2. The van der Waals surface area contributed by atoms with Gasteiger partial charge in [-0.3, -0.25) is 25.4 Å². The number of amides is 2. The van der Waals surface area contributed by atoms with Gasteiger partial charge in [0.15, 0.2) is 17.6 Å². The molecule has 1 unspecified atom stereocenters. The molecule has 0 bridgehead atoms. The van der Waals surface area contributed by atoms with E-state index in [4.69, 9.17) is 15.6 Å². The van der Waals surface area contributed by atoms with Gasteiger partial charge in [0.1, 0.15) is 11.9 Å². The quantitative estimate of drug-likeness (QED) is 0.228. The SMILES string of the molecule is Cc1ccc(CC(=O)NC[C@@H]2NC(=N)N3CC(NC(=O)c4cccc5c4OCCC5(C)C)[C@@H](O)[C@@]34NC(=N)N[C@@H]24)nc1. The molecule has 42 heavy (non-hydrogen) atoms. The number of aromatic nitrogens is 1. The Morgan fingerprint density at radius 3 is 2.79 bits per heavy atom. The molecule has 3 saturated heterocycles. The maximum Gasteiger partial charge on any atom is 0.255 e. The second-order valence-corrected chi connectivity index (χ2v) is 12.2. The van der Waals surface area contributed by atoms with E-state index in [2.05, 4.69) is 45.4 Å². The van der Waals surface area contributed by atoms with Crippen molar-refractivity contribution >= 4 is 23.7 Å². The smallest absolute Gasteiger partial charge is 0.255 e. The molecule has 0 saturated carbocycles. The number of benzene rings is 1. The lowest BCUT2D eigenvalue weighted by molar-refractivity contribution is -0.120. The van der Waals surface area contributed by atoms with Crippen LogP contribution in [0, 0.1) is 17.7 Å². The maximum atomic E-state index is 13.6. The Bertz CT molecular complexity index is 1450. The molecule has 3 fully saturated rings. The van der Waals surface area contributed by atoms with Crippen LogP contribution in [-0.4, -0.2) is 88.3 Å². The highest BCUT2D eigenvalue weighted by Crippen LogP contribution is 2.41. The molecule has 5 atom stereocenters. The molecule has 2 aromatic rings. The molecule has 4 aliphatic rings. The van der Waals surface area contributed by atoms with Gasteiger partial charge in [0.25, 0.3) is 5.91 Å². The van der Waals surface area contributed by atoms with Crippen molar-refractivity contribution in [2.45, 2.75) is 68.9 Å². The van der Waals surface area contributed by atoms with Crippen LogP contribution in [0.1, 0.15) is 47.4 Å². The van der Waals surface area contributed by atoms with Gasteiger partial charge in [0.05, 0.1) is 36.7 Å². The molecular formula is C29H37N9O4. The Kier molecular flexibility index (Phi) is 6.71. The summed E-state index contributed by atoms with van der Waals surface area (Å²) in [5, 5.41) is 43.9. The summed E-state index contributed by atoms with van der Waals surface area (Å²) >= 11 is 0. The number of nitrogens with zero attached hydrogens (tertiary/aromatic N) is 2. The van der Waals surface area contributed by atoms with Crippen LogP contribution < -0.4 is 31.3 Å². The summed E-state index contributed by atoms with van der Waals surface area (Å²) < 4.78 is 5.93. The van der Waals surface area contributed by atoms with Gasteiger partial charge in [-0.05, 0) is 36.5 Å². The normalized spacial score (nSPS) is 28.7. The van der Waals surface area contributed by atoms with E-state index in [1.807, 2.05) is 31.2 Å². The zero-order chi connectivity index (χ0) is 29.8. The van der Waals surface area contributed by atoms with Crippen LogP contribution in [0.2, 0.25) is 0 Å². The molecule has 6 rings (SSSR count). The molecule has 4 aliphatic heterocycles. The van der Waals surface area contributed by atoms with Crippen LogP contribution in [-0.2, 0) is 16.6 Å². The minimum Gasteiger partial charge on any atom is -0.492 e. The fourth-order valence-electron chi connectivity index (χ4n) is 6.55. The van der Waals surface area contributed by atoms with Gasteiger partial charge in [-0.15, -0.1) is 0 Å². The molecule has 2 amide bonds. The fraction of sp³-hybridized carbons (Fsp3) is 0.483. The molecule has 1 aromatic carbocycles. The predicted octanol–water partition coefficient (Wildman–Crippen LogP) is -0.317. The topological polar surface area (TPSA) is 188 Å². The van der Waals surface area contributed by atoms with Crippen LogP contribution in [0.5, 0.6) is 5.75 Å². The number of pyridine rings is 1. The van der Waals surface area contributed by atoms with E-state index in [9.17, 15) is 14.7 Å². The number of carbonyl (C=O) groups excluding carboxylic acids is 2. The van der Waals surface area contributed by atoms with Gasteiger partial charge >= 0.3 is 0 Å². The van der Waals surface area contributed by atoms with Crippen molar-refractivity contribution in [2.75, 3.05) is 19.7 Å². The molecule has 5 heterocycles. The number of rotatable bonds is 6. The number of ether oxygens (including phenoxy) is 1. The summed E-state index contributed by atoms with van der Waals surface area (Å²) in [6.45, 7) is 6.96. The zero-order valence-electron chi connectivity index (χ0n) is 23.9. The van der Waals surface area contributed by atoms with Gasteiger partial charge in [0.2, 0.25) is 5.91 Å². The van der Waals surface area contributed by atoms with Crippen molar-refractivity contribution in [3.05, 3.63) is 58.9 Å². The van der Waals surface area contributed by atoms with E-state index in [0.717, 1.165) is 17.5 Å². The van der Waals surface area contributed by atoms with Crippen LogP contribution >= 0.6 is 0 Å². The molecule has 8 N–H and O–H groups in total. The maximum absolute atomic E-state index is 13.6. The molecule has 0 aliphatic carbocycles. The number of fused-ring (bicyclic) bond motifs is 1. The molecule has 0 radical (unpaired) electrons. The van der Waals surface area contributed by atoms with Crippen LogP contribution in [0.15, 0.2) is 36.5 Å². The number of hydrogen-bond donors (Lipinski definition) is 8. The lowest BCUT2D eigenvalue weighted by Gasteiger charge is -2.49. The van der Waals surface area contributed by atoms with Gasteiger partial charge in [-0.2, -0.15) is 0 Å². The first-order valence-electron chi connectivity index (χ1n) is 14.2. The number of aliphatic hydroxyl groups excluding tert-OH is 1. The molecule has 222 valence electrons. The second kappa shape index (κ2) is 10.2. The lowest BCUT2D eigenvalue weighted by Crippen LogP contribution is -2.78. The third-order valence-corrected chi connectivity index (χ3v) is 8.86. The number of para-hydroxylation sites is 1. The third kappa shape index (κ3) is 4.57. The van der Waals surface area contributed by atoms with E-state index in [0.29, 0.717) is 23.6 Å². The van der Waals surface area contributed by atoms with Crippen molar-refractivity contribution < 1.29 is 19.4 Å². The fourth-order valence-corrected chi connectivity index (χ4v) is 6.55. The first-order chi connectivity index (χ1) is 20.0. The average molecular weight is 576 g/mol. The van der Waals surface area contributed by atoms with E-state index < -0.39 is 29.9 Å². The summed E-state index contributed by atoms with van der Waals surface area (Å²) in [7, 11) is 0. The van der Waals surface area contributed by atoms with Crippen molar-refractivity contribution in [2.24, 2.45) is 0 Å². The van der Waals surface area contributed by atoms with Gasteiger partial charge in [-0.25, -0.2) is 0 Å². The molecule has 1 aromatic heterocycles. The number of carbonyl (C=O) groups is 2. The Hall–Kier alpha value is -4.39. The van der Waals surface area contributed by atoms with E-state index in [-0.39, 0.29) is 48.7 Å². The van der Waals surface area contributed by atoms with E-state index in [1.165, 1.54) is 0 Å². The largest absolute Gasteiger partial charge is 0.492 e. The molecule has 13 heteroatoms. The minimum atomic E-state index is -1.28. The van der Waals surface area contributed by atoms with Crippen LogP contribution in [0.4, 0.5) is 0 Å². The van der Waals surface area contributed by atoms with Crippen LogP contribution in [0.25, 0.3) is 0 Å². The van der Waals surface area contributed by atoms with Crippen molar-refractivity contribution in [3.63, 3.8) is 0 Å². The Labute approximate surface area is 243 Å². The Morgan fingerprint density at radius 2 is 2.02 bits per heavy atom. The van der Waals surface area contributed by atoms with Gasteiger partial charge < -0.3 is 41.3 Å².